The van der Waals surface area contributed by atoms with Crippen molar-refractivity contribution in [2.24, 2.45) is 5.10 Å². The van der Waals surface area contributed by atoms with E-state index in [1.165, 1.54) is 24.4 Å². The highest BCUT2D eigenvalue weighted by Gasteiger charge is 2.10. The second-order valence-corrected chi connectivity index (χ2v) is 7.42. The molecule has 0 aliphatic heterocycles. The molecule has 0 heterocycles. The second kappa shape index (κ2) is 10.7. The zero-order valence-electron chi connectivity index (χ0n) is 15.8. The molecule has 0 saturated heterocycles. The third-order valence-electron chi connectivity index (χ3n) is 3.78. The number of rotatable bonds is 7. The maximum atomic E-state index is 13.2. The Morgan fingerprint density at radius 3 is 2.68 bits per heavy atom. The number of nitrogens with one attached hydrogen (secondary N) is 1. The van der Waals surface area contributed by atoms with Crippen LogP contribution >= 0.6 is 27.5 Å². The minimum absolute atomic E-state index is 0.0960. The minimum atomic E-state index is -0.688. The number of hydrogen-bond acceptors (Lipinski definition) is 5. The normalized spacial score (nSPS) is 10.7. The van der Waals surface area contributed by atoms with Crippen LogP contribution in [0, 0.1) is 5.82 Å². The number of nitrogens with zero attached hydrogens (tertiary/aromatic N) is 1. The molecular formula is C22H15BrClFN2O4. The standard InChI is InChI=1S/C22H15BrClFN2O4/c23-19-11-16(24)7-8-20(19)30-13-21(28)27-26-12-14-3-1-6-18(9-14)31-22(29)15-4-2-5-17(25)10-15/h1-12H,13H2,(H,27,28)/b26-12-. The fourth-order valence-electron chi connectivity index (χ4n) is 2.39. The topological polar surface area (TPSA) is 77.0 Å². The van der Waals surface area contributed by atoms with Gasteiger partial charge in [-0.25, -0.2) is 14.6 Å². The van der Waals surface area contributed by atoms with Crippen LogP contribution in [0.2, 0.25) is 5.02 Å². The SMILES string of the molecule is O=C(COc1ccc(Cl)cc1Br)N/N=C\c1cccc(OC(=O)c2cccc(F)c2)c1. The quantitative estimate of drug-likeness (QED) is 0.212. The van der Waals surface area contributed by atoms with Gasteiger partial charge in [-0.2, -0.15) is 5.10 Å². The van der Waals surface area contributed by atoms with E-state index in [4.69, 9.17) is 21.1 Å². The largest absolute Gasteiger partial charge is 0.483 e. The molecule has 1 amide bonds. The molecule has 0 bridgehead atoms. The first-order valence-corrected chi connectivity index (χ1v) is 10.1. The van der Waals surface area contributed by atoms with Crippen molar-refractivity contribution in [1.29, 1.82) is 0 Å². The van der Waals surface area contributed by atoms with Crippen LogP contribution in [0.1, 0.15) is 15.9 Å². The number of halogens is 3. The zero-order chi connectivity index (χ0) is 22.2. The summed E-state index contributed by atoms with van der Waals surface area (Å²) in [5.41, 5.74) is 3.01. The molecule has 3 rings (SSSR count). The van der Waals surface area contributed by atoms with Crippen molar-refractivity contribution in [2.45, 2.75) is 0 Å². The van der Waals surface area contributed by atoms with E-state index in [9.17, 15) is 14.0 Å². The van der Waals surface area contributed by atoms with Crippen molar-refractivity contribution in [3.05, 3.63) is 93.2 Å². The molecule has 158 valence electrons. The maximum absolute atomic E-state index is 13.2. The molecule has 0 aliphatic rings. The van der Waals surface area contributed by atoms with Gasteiger partial charge in [0.1, 0.15) is 17.3 Å². The molecule has 9 heteroatoms. The third-order valence-corrected chi connectivity index (χ3v) is 4.64. The summed E-state index contributed by atoms with van der Waals surface area (Å²) in [7, 11) is 0. The fraction of sp³-hybridized carbons (Fsp3) is 0.0455. The van der Waals surface area contributed by atoms with Crippen molar-refractivity contribution >= 4 is 45.6 Å². The van der Waals surface area contributed by atoms with Crippen LogP contribution in [0.15, 0.2) is 76.3 Å². The number of benzene rings is 3. The lowest BCUT2D eigenvalue weighted by Gasteiger charge is -2.07. The van der Waals surface area contributed by atoms with Crippen LogP contribution in [0.4, 0.5) is 4.39 Å². The summed E-state index contributed by atoms with van der Waals surface area (Å²) >= 11 is 9.15. The highest BCUT2D eigenvalue weighted by atomic mass is 79.9. The number of carbonyl (C=O) groups is 2. The molecule has 3 aromatic rings. The molecule has 0 unspecified atom stereocenters. The zero-order valence-corrected chi connectivity index (χ0v) is 18.2. The number of amides is 1. The van der Waals surface area contributed by atoms with Gasteiger partial charge in [-0.15, -0.1) is 0 Å². The lowest BCUT2D eigenvalue weighted by atomic mass is 10.2. The molecule has 3 aromatic carbocycles. The Morgan fingerprint density at radius 1 is 1.10 bits per heavy atom. The van der Waals surface area contributed by atoms with Crippen LogP contribution in [0.25, 0.3) is 0 Å². The van der Waals surface area contributed by atoms with Crippen molar-refractivity contribution in [2.75, 3.05) is 6.61 Å². The van der Waals surface area contributed by atoms with E-state index in [1.807, 2.05) is 0 Å². The Kier molecular flexibility index (Phi) is 7.75. The number of ether oxygens (including phenoxy) is 2. The number of hydrogen-bond donors (Lipinski definition) is 1. The monoisotopic (exact) mass is 504 g/mol. The highest BCUT2D eigenvalue weighted by molar-refractivity contribution is 9.10. The molecule has 0 atom stereocenters. The van der Waals surface area contributed by atoms with Gasteiger partial charge in [0, 0.05) is 5.02 Å². The number of carbonyl (C=O) groups excluding carboxylic acids is 2. The van der Waals surface area contributed by atoms with E-state index in [0.29, 0.717) is 20.8 Å². The van der Waals surface area contributed by atoms with E-state index in [-0.39, 0.29) is 17.9 Å². The Morgan fingerprint density at radius 2 is 1.90 bits per heavy atom. The van der Waals surface area contributed by atoms with Crippen LogP contribution in [0.5, 0.6) is 11.5 Å². The fourth-order valence-corrected chi connectivity index (χ4v) is 3.18. The van der Waals surface area contributed by atoms with Crippen LogP contribution in [-0.4, -0.2) is 24.7 Å². The molecule has 0 saturated carbocycles. The summed E-state index contributed by atoms with van der Waals surface area (Å²) in [5, 5.41) is 4.39. The summed E-state index contributed by atoms with van der Waals surface area (Å²) in [6.45, 7) is -0.247. The Balaban J connectivity index is 1.52. The second-order valence-electron chi connectivity index (χ2n) is 6.13. The molecule has 0 aromatic heterocycles. The molecule has 0 spiro atoms. The van der Waals surface area contributed by atoms with Gasteiger partial charge in [0.05, 0.1) is 16.3 Å². The Bertz CT molecular complexity index is 1140. The molecule has 0 fully saturated rings. The van der Waals surface area contributed by atoms with E-state index in [0.717, 1.165) is 6.07 Å². The highest BCUT2D eigenvalue weighted by Crippen LogP contribution is 2.27. The predicted molar refractivity (Wildman–Crippen MR) is 118 cm³/mol. The lowest BCUT2D eigenvalue weighted by Crippen LogP contribution is -2.24. The van der Waals surface area contributed by atoms with Crippen LogP contribution in [-0.2, 0) is 4.79 Å². The Labute approximate surface area is 190 Å². The van der Waals surface area contributed by atoms with Gasteiger partial charge in [-0.3, -0.25) is 4.79 Å². The van der Waals surface area contributed by atoms with Crippen LogP contribution in [0.3, 0.4) is 0 Å². The lowest BCUT2D eigenvalue weighted by molar-refractivity contribution is -0.123. The van der Waals surface area contributed by atoms with E-state index in [2.05, 4.69) is 26.5 Å². The predicted octanol–water partition coefficient (Wildman–Crippen LogP) is 4.99. The summed E-state index contributed by atoms with van der Waals surface area (Å²) in [5.74, 6) is -0.963. The van der Waals surface area contributed by atoms with Gasteiger partial charge in [0.25, 0.3) is 5.91 Å². The van der Waals surface area contributed by atoms with Crippen molar-refractivity contribution in [3.8, 4) is 11.5 Å². The third kappa shape index (κ3) is 6.91. The van der Waals surface area contributed by atoms with E-state index < -0.39 is 17.7 Å². The smallest absolute Gasteiger partial charge is 0.343 e. The molecule has 1 N–H and O–H groups in total. The van der Waals surface area contributed by atoms with Crippen molar-refractivity contribution in [1.82, 2.24) is 5.43 Å². The minimum Gasteiger partial charge on any atom is -0.483 e. The molecule has 31 heavy (non-hydrogen) atoms. The van der Waals surface area contributed by atoms with Crippen molar-refractivity contribution in [3.63, 3.8) is 0 Å². The number of hydrazone groups is 1. The van der Waals surface area contributed by atoms with Gasteiger partial charge < -0.3 is 9.47 Å². The summed E-state index contributed by atoms with van der Waals surface area (Å²) in [4.78, 5) is 24.0. The van der Waals surface area contributed by atoms with Crippen molar-refractivity contribution < 1.29 is 23.5 Å². The van der Waals surface area contributed by atoms with E-state index >= 15 is 0 Å². The van der Waals surface area contributed by atoms with Gasteiger partial charge in [0.2, 0.25) is 0 Å². The maximum Gasteiger partial charge on any atom is 0.343 e. The first-order chi connectivity index (χ1) is 14.9. The molecule has 0 aliphatic carbocycles. The summed E-state index contributed by atoms with van der Waals surface area (Å²) < 4.78 is 24.5. The van der Waals surface area contributed by atoms with Gasteiger partial charge >= 0.3 is 5.97 Å². The van der Waals surface area contributed by atoms with Gasteiger partial charge in [0.15, 0.2) is 6.61 Å². The average molecular weight is 506 g/mol. The summed E-state index contributed by atoms with van der Waals surface area (Å²) in [6, 6.07) is 16.6. The van der Waals surface area contributed by atoms with Crippen LogP contribution < -0.4 is 14.9 Å². The Hall–Kier alpha value is -3.23. The number of esters is 1. The molecule has 6 nitrogen and oxygen atoms in total. The molecular weight excluding hydrogens is 491 g/mol. The van der Waals surface area contributed by atoms with Gasteiger partial charge in [-0.1, -0.05) is 29.8 Å². The van der Waals surface area contributed by atoms with Gasteiger partial charge in [-0.05, 0) is 70.0 Å². The summed E-state index contributed by atoms with van der Waals surface area (Å²) in [6.07, 6.45) is 1.38. The molecule has 0 radical (unpaired) electrons. The van der Waals surface area contributed by atoms with E-state index in [1.54, 1.807) is 42.5 Å². The first-order valence-electron chi connectivity index (χ1n) is 8.88. The average Bonchev–Trinajstić information content (AvgIpc) is 2.73. The first kappa shape index (κ1) is 22.5.